The number of carbonyl (C=O) groups is 1. The summed E-state index contributed by atoms with van der Waals surface area (Å²) in [5, 5.41) is 8.85. The second kappa shape index (κ2) is 6.62. The summed E-state index contributed by atoms with van der Waals surface area (Å²) in [4.78, 5) is 11.0. The molecule has 0 unspecified atom stereocenters. The van der Waals surface area contributed by atoms with Gasteiger partial charge in [0.15, 0.2) is 0 Å². The molecule has 0 aromatic heterocycles. The van der Waals surface area contributed by atoms with Crippen LogP contribution in [0.3, 0.4) is 0 Å². The van der Waals surface area contributed by atoms with Gasteiger partial charge in [-0.3, -0.25) is 0 Å². The highest BCUT2D eigenvalue weighted by atomic mass is 19.4. The van der Waals surface area contributed by atoms with Gasteiger partial charge in [0.1, 0.15) is 0 Å². The molecule has 0 heterocycles. The lowest BCUT2D eigenvalue weighted by Crippen LogP contribution is -2.20. The van der Waals surface area contributed by atoms with E-state index < -0.39 is 40.6 Å². The molecule has 0 atom stereocenters. The van der Waals surface area contributed by atoms with Gasteiger partial charge in [-0.25, -0.2) is 4.79 Å². The fraction of sp³-hybridized carbons (Fsp3) is 0.118. The summed E-state index contributed by atoms with van der Waals surface area (Å²) in [5.41, 5.74) is -5.35. The molecule has 0 saturated carbocycles. The minimum atomic E-state index is -5.25. The lowest BCUT2D eigenvalue weighted by atomic mass is 9.96. The zero-order valence-electron chi connectivity index (χ0n) is 12.3. The standard InChI is InChI=1S/C17H10F6O2/c18-16(19,20)12-8-11(7-6-10-4-2-1-3-5-10)9-13(17(21,22)23)14(12)15(24)25/h1-9H,(H,24,25)/b7-6-. The van der Waals surface area contributed by atoms with Crippen molar-refractivity contribution in [3.8, 4) is 0 Å². The molecule has 8 heteroatoms. The molecule has 0 saturated heterocycles. The third-order valence-electron chi connectivity index (χ3n) is 3.25. The van der Waals surface area contributed by atoms with E-state index in [0.29, 0.717) is 17.7 Å². The van der Waals surface area contributed by atoms with E-state index in [1.807, 2.05) is 0 Å². The smallest absolute Gasteiger partial charge is 0.417 e. The normalized spacial score (nSPS) is 12.6. The lowest BCUT2D eigenvalue weighted by Gasteiger charge is -2.17. The fourth-order valence-electron chi connectivity index (χ4n) is 2.19. The first kappa shape index (κ1) is 18.6. The highest BCUT2D eigenvalue weighted by Gasteiger charge is 2.43. The molecule has 2 nitrogen and oxygen atoms in total. The molecule has 0 spiro atoms. The molecule has 0 aliphatic heterocycles. The molecule has 2 aromatic rings. The summed E-state index contributed by atoms with van der Waals surface area (Å²) in [7, 11) is 0. The van der Waals surface area contributed by atoms with Crippen LogP contribution in [0.2, 0.25) is 0 Å². The van der Waals surface area contributed by atoms with Gasteiger partial charge in [-0.1, -0.05) is 42.5 Å². The van der Waals surface area contributed by atoms with Crippen LogP contribution >= 0.6 is 0 Å². The Labute approximate surface area is 138 Å². The average molecular weight is 360 g/mol. The fourth-order valence-corrected chi connectivity index (χ4v) is 2.19. The zero-order valence-corrected chi connectivity index (χ0v) is 12.3. The Hall–Kier alpha value is -2.77. The van der Waals surface area contributed by atoms with Crippen molar-refractivity contribution < 1.29 is 36.2 Å². The van der Waals surface area contributed by atoms with E-state index in [1.54, 1.807) is 30.3 Å². The van der Waals surface area contributed by atoms with E-state index in [9.17, 15) is 31.1 Å². The Morgan fingerprint density at radius 2 is 1.24 bits per heavy atom. The van der Waals surface area contributed by atoms with Crippen molar-refractivity contribution >= 4 is 18.1 Å². The van der Waals surface area contributed by atoms with E-state index in [0.717, 1.165) is 6.08 Å². The summed E-state index contributed by atoms with van der Waals surface area (Å²) in [5.74, 6) is -2.29. The molecule has 0 bridgehead atoms. The van der Waals surface area contributed by atoms with Crippen molar-refractivity contribution in [3.63, 3.8) is 0 Å². The van der Waals surface area contributed by atoms with Crippen LogP contribution in [-0.2, 0) is 12.4 Å². The number of hydrogen-bond acceptors (Lipinski definition) is 1. The van der Waals surface area contributed by atoms with E-state index in [2.05, 4.69) is 0 Å². The topological polar surface area (TPSA) is 37.3 Å². The lowest BCUT2D eigenvalue weighted by molar-refractivity contribution is -0.144. The van der Waals surface area contributed by atoms with Crippen LogP contribution in [0.4, 0.5) is 26.3 Å². The number of aromatic carboxylic acids is 1. The molecule has 2 aromatic carbocycles. The molecule has 25 heavy (non-hydrogen) atoms. The van der Waals surface area contributed by atoms with Gasteiger partial charge in [0.05, 0.1) is 16.7 Å². The summed E-state index contributed by atoms with van der Waals surface area (Å²) in [6.45, 7) is 0. The number of carboxylic acids is 1. The predicted octanol–water partition coefficient (Wildman–Crippen LogP) is 5.59. The van der Waals surface area contributed by atoms with Crippen molar-refractivity contribution in [2.24, 2.45) is 0 Å². The Morgan fingerprint density at radius 3 is 1.64 bits per heavy atom. The molecule has 0 aliphatic rings. The zero-order chi connectivity index (χ0) is 18.8. The van der Waals surface area contributed by atoms with Crippen LogP contribution in [0.1, 0.15) is 32.6 Å². The van der Waals surface area contributed by atoms with Crippen LogP contribution in [0.25, 0.3) is 12.2 Å². The molecule has 2 rings (SSSR count). The second-order valence-electron chi connectivity index (χ2n) is 5.04. The van der Waals surface area contributed by atoms with Crippen LogP contribution in [0, 0.1) is 0 Å². The molecule has 0 amide bonds. The number of alkyl halides is 6. The first-order valence-electron chi connectivity index (χ1n) is 6.79. The second-order valence-corrected chi connectivity index (χ2v) is 5.04. The Kier molecular flexibility index (Phi) is 4.92. The van der Waals surface area contributed by atoms with Gasteiger partial charge in [-0.15, -0.1) is 0 Å². The van der Waals surface area contributed by atoms with Gasteiger partial charge in [-0.2, -0.15) is 26.3 Å². The summed E-state index contributed by atoms with van der Waals surface area (Å²) in [6, 6.07) is 8.98. The highest BCUT2D eigenvalue weighted by molar-refractivity contribution is 5.92. The van der Waals surface area contributed by atoms with Gasteiger partial charge in [0.2, 0.25) is 0 Å². The number of hydrogen-bond donors (Lipinski definition) is 1. The Balaban J connectivity index is 2.67. The first-order chi connectivity index (χ1) is 11.5. The number of halogens is 6. The van der Waals surface area contributed by atoms with Gasteiger partial charge < -0.3 is 5.11 Å². The molecule has 0 aliphatic carbocycles. The molecule has 0 radical (unpaired) electrons. The number of benzene rings is 2. The summed E-state index contributed by atoms with van der Waals surface area (Å²) in [6.07, 6.45) is -8.10. The van der Waals surface area contributed by atoms with Gasteiger partial charge in [0, 0.05) is 0 Å². The average Bonchev–Trinajstić information content (AvgIpc) is 2.51. The Morgan fingerprint density at radius 1 is 0.800 bits per heavy atom. The van der Waals surface area contributed by atoms with Crippen LogP contribution in [0.5, 0.6) is 0 Å². The molecule has 132 valence electrons. The predicted molar refractivity (Wildman–Crippen MR) is 78.8 cm³/mol. The van der Waals surface area contributed by atoms with E-state index in [4.69, 9.17) is 5.11 Å². The van der Waals surface area contributed by atoms with Gasteiger partial charge in [-0.05, 0) is 23.3 Å². The van der Waals surface area contributed by atoms with Crippen molar-refractivity contribution in [1.29, 1.82) is 0 Å². The summed E-state index contributed by atoms with van der Waals surface area (Å²) < 4.78 is 78.4. The third kappa shape index (κ3) is 4.40. The molecule has 0 fully saturated rings. The SMILES string of the molecule is O=C(O)c1c(C(F)(F)F)cc(/C=C\c2ccccc2)cc1C(F)(F)F. The molecular formula is C17H10F6O2. The van der Waals surface area contributed by atoms with Crippen molar-refractivity contribution in [1.82, 2.24) is 0 Å². The minimum Gasteiger partial charge on any atom is -0.478 e. The van der Waals surface area contributed by atoms with Crippen LogP contribution in [0.15, 0.2) is 42.5 Å². The van der Waals surface area contributed by atoms with Crippen LogP contribution in [-0.4, -0.2) is 11.1 Å². The molecular weight excluding hydrogens is 350 g/mol. The maximum Gasteiger partial charge on any atom is 0.417 e. The quantitative estimate of drug-likeness (QED) is 0.572. The van der Waals surface area contributed by atoms with Crippen molar-refractivity contribution in [2.75, 3.05) is 0 Å². The Bertz CT molecular complexity index is 769. The largest absolute Gasteiger partial charge is 0.478 e. The van der Waals surface area contributed by atoms with E-state index in [-0.39, 0.29) is 0 Å². The molecule has 1 N–H and O–H groups in total. The number of rotatable bonds is 3. The van der Waals surface area contributed by atoms with Crippen molar-refractivity contribution in [3.05, 3.63) is 70.3 Å². The minimum absolute atomic E-state index is 0.387. The third-order valence-corrected chi connectivity index (χ3v) is 3.25. The van der Waals surface area contributed by atoms with E-state index >= 15 is 0 Å². The summed E-state index contributed by atoms with van der Waals surface area (Å²) >= 11 is 0. The number of carboxylic acid groups (broad SMARTS) is 1. The first-order valence-corrected chi connectivity index (χ1v) is 6.79. The van der Waals surface area contributed by atoms with Crippen molar-refractivity contribution in [2.45, 2.75) is 12.4 Å². The van der Waals surface area contributed by atoms with Crippen LogP contribution < -0.4 is 0 Å². The highest BCUT2D eigenvalue weighted by Crippen LogP contribution is 2.40. The van der Waals surface area contributed by atoms with Gasteiger partial charge in [0.25, 0.3) is 0 Å². The van der Waals surface area contributed by atoms with E-state index in [1.165, 1.54) is 6.08 Å². The van der Waals surface area contributed by atoms with Gasteiger partial charge >= 0.3 is 18.3 Å². The maximum absolute atomic E-state index is 13.1. The maximum atomic E-state index is 13.1. The monoisotopic (exact) mass is 360 g/mol.